The lowest BCUT2D eigenvalue weighted by molar-refractivity contribution is -0.137. The topological polar surface area (TPSA) is 115 Å². The number of benzene rings is 1. The highest BCUT2D eigenvalue weighted by atomic mass is 16.4. The summed E-state index contributed by atoms with van der Waals surface area (Å²) in [5.41, 5.74) is 0.755. The number of carboxylic acids is 2. The number of aliphatic hydroxyl groups is 2. The maximum atomic E-state index is 9.37. The van der Waals surface area contributed by atoms with Gasteiger partial charge in [0.25, 0.3) is 0 Å². The van der Waals surface area contributed by atoms with Crippen molar-refractivity contribution in [1.29, 1.82) is 0 Å². The first-order valence-electron chi connectivity index (χ1n) is 6.16. The molecule has 0 spiro atoms. The summed E-state index contributed by atoms with van der Waals surface area (Å²) >= 11 is 0. The van der Waals surface area contributed by atoms with Gasteiger partial charge in [0.2, 0.25) is 0 Å². The zero-order valence-corrected chi connectivity index (χ0v) is 11.7. The van der Waals surface area contributed by atoms with Gasteiger partial charge in [0, 0.05) is 12.8 Å². The average molecular weight is 286 g/mol. The number of hydrogen-bond acceptors (Lipinski definition) is 4. The van der Waals surface area contributed by atoms with E-state index in [4.69, 9.17) is 20.4 Å². The maximum absolute atomic E-state index is 9.37. The second kappa shape index (κ2) is 13.5. The smallest absolute Gasteiger partial charge is 0.303 e. The summed E-state index contributed by atoms with van der Waals surface area (Å²) in [6.07, 6.45) is -0.291. The minimum atomic E-state index is -0.745. The minimum Gasteiger partial charge on any atom is -0.481 e. The molecule has 0 radical (unpaired) electrons. The molecule has 0 aliphatic rings. The van der Waals surface area contributed by atoms with Crippen molar-refractivity contribution in [2.45, 2.75) is 32.8 Å². The van der Waals surface area contributed by atoms with Gasteiger partial charge in [0.1, 0.15) is 6.10 Å². The monoisotopic (exact) mass is 286 g/mol. The van der Waals surface area contributed by atoms with Crippen molar-refractivity contribution < 1.29 is 30.0 Å². The van der Waals surface area contributed by atoms with Gasteiger partial charge >= 0.3 is 11.9 Å². The largest absolute Gasteiger partial charge is 0.481 e. The summed E-state index contributed by atoms with van der Waals surface area (Å²) in [6, 6.07) is 9.08. The van der Waals surface area contributed by atoms with Crippen LogP contribution in [0.5, 0.6) is 0 Å². The molecule has 0 bridgehead atoms. The molecule has 0 fully saturated rings. The Balaban J connectivity index is 0. The number of carbonyl (C=O) groups is 2. The second-order valence-corrected chi connectivity index (χ2v) is 3.60. The van der Waals surface area contributed by atoms with E-state index in [1.54, 1.807) is 26.0 Å². The Bertz CT molecular complexity index is 349. The van der Waals surface area contributed by atoms with E-state index in [9.17, 15) is 9.59 Å². The number of aliphatic hydroxyl groups excluding tert-OH is 2. The van der Waals surface area contributed by atoms with Crippen molar-refractivity contribution in [3.05, 3.63) is 35.9 Å². The summed E-state index contributed by atoms with van der Waals surface area (Å²) in [7, 11) is 0. The fourth-order valence-electron chi connectivity index (χ4n) is 0.781. The Morgan fingerprint density at radius 3 is 1.60 bits per heavy atom. The van der Waals surface area contributed by atoms with E-state index in [0.717, 1.165) is 5.56 Å². The van der Waals surface area contributed by atoms with Crippen LogP contribution in [-0.2, 0) is 9.59 Å². The lowest BCUT2D eigenvalue weighted by Crippen LogP contribution is -2.01. The molecule has 1 aromatic rings. The molecule has 0 heterocycles. The summed E-state index contributed by atoms with van der Waals surface area (Å²) in [6.45, 7) is 2.98. The van der Waals surface area contributed by atoms with Crippen LogP contribution < -0.4 is 0 Å². The van der Waals surface area contributed by atoms with Gasteiger partial charge in [-0.05, 0) is 5.56 Å². The van der Waals surface area contributed by atoms with Gasteiger partial charge in [-0.3, -0.25) is 9.59 Å². The SMILES string of the molecule is CCC(=O)O.CCC(=O)O.OCC(O)c1ccccc1. The third-order valence-electron chi connectivity index (χ3n) is 1.96. The molecule has 20 heavy (non-hydrogen) atoms. The van der Waals surface area contributed by atoms with Gasteiger partial charge in [0.05, 0.1) is 6.61 Å². The van der Waals surface area contributed by atoms with Gasteiger partial charge in [-0.25, -0.2) is 0 Å². The molecular weight excluding hydrogens is 264 g/mol. The van der Waals surface area contributed by atoms with Gasteiger partial charge in [0.15, 0.2) is 0 Å². The molecule has 6 heteroatoms. The number of carboxylic acid groups (broad SMARTS) is 2. The third kappa shape index (κ3) is 14.1. The fourth-order valence-corrected chi connectivity index (χ4v) is 0.781. The van der Waals surface area contributed by atoms with Crippen molar-refractivity contribution >= 4 is 11.9 Å². The van der Waals surface area contributed by atoms with Crippen LogP contribution in [0.2, 0.25) is 0 Å². The molecule has 0 aromatic heterocycles. The van der Waals surface area contributed by atoms with Gasteiger partial charge in [-0.15, -0.1) is 0 Å². The average Bonchev–Trinajstić information content (AvgIpc) is 2.48. The fraction of sp³-hybridized carbons (Fsp3) is 0.429. The quantitative estimate of drug-likeness (QED) is 0.669. The van der Waals surface area contributed by atoms with E-state index in [1.807, 2.05) is 18.2 Å². The molecule has 0 amide bonds. The van der Waals surface area contributed by atoms with Crippen molar-refractivity contribution in [2.75, 3.05) is 6.61 Å². The molecule has 6 nitrogen and oxygen atoms in total. The lowest BCUT2D eigenvalue weighted by Gasteiger charge is -2.05. The summed E-state index contributed by atoms with van der Waals surface area (Å²) in [5.74, 6) is -1.49. The van der Waals surface area contributed by atoms with Crippen molar-refractivity contribution in [3.8, 4) is 0 Å². The van der Waals surface area contributed by atoms with Crippen molar-refractivity contribution in [1.82, 2.24) is 0 Å². The minimum absolute atomic E-state index is 0.218. The Hall–Kier alpha value is -1.92. The van der Waals surface area contributed by atoms with E-state index >= 15 is 0 Å². The summed E-state index contributed by atoms with van der Waals surface area (Å²) in [4.78, 5) is 18.7. The first-order chi connectivity index (χ1) is 9.38. The van der Waals surface area contributed by atoms with Gasteiger partial charge in [-0.2, -0.15) is 0 Å². The van der Waals surface area contributed by atoms with Gasteiger partial charge in [-0.1, -0.05) is 44.2 Å². The van der Waals surface area contributed by atoms with Crippen LogP contribution in [0.3, 0.4) is 0 Å². The normalized spacial score (nSPS) is 10.2. The molecule has 0 aliphatic carbocycles. The predicted molar refractivity (Wildman–Crippen MR) is 74.3 cm³/mol. The van der Waals surface area contributed by atoms with Crippen LogP contribution in [0.25, 0.3) is 0 Å². The Morgan fingerprint density at radius 2 is 1.35 bits per heavy atom. The van der Waals surface area contributed by atoms with Crippen LogP contribution in [-0.4, -0.2) is 39.0 Å². The molecule has 1 rings (SSSR count). The summed E-state index contributed by atoms with van der Waals surface area (Å²) in [5, 5.41) is 33.1. The lowest BCUT2D eigenvalue weighted by atomic mass is 10.1. The zero-order valence-electron chi connectivity index (χ0n) is 11.7. The standard InChI is InChI=1S/C8H10O2.2C3H6O2/c9-6-8(10)7-4-2-1-3-5-7;2*1-2-3(4)5/h1-5,8-10H,6H2;2*2H2,1H3,(H,4,5). The van der Waals surface area contributed by atoms with Crippen LogP contribution in [0, 0.1) is 0 Å². The van der Waals surface area contributed by atoms with E-state index in [1.165, 1.54) is 0 Å². The van der Waals surface area contributed by atoms with Crippen LogP contribution >= 0.6 is 0 Å². The van der Waals surface area contributed by atoms with Crippen LogP contribution in [0.4, 0.5) is 0 Å². The van der Waals surface area contributed by atoms with Gasteiger partial charge < -0.3 is 20.4 Å². The van der Waals surface area contributed by atoms with E-state index in [2.05, 4.69) is 0 Å². The van der Waals surface area contributed by atoms with Crippen molar-refractivity contribution in [3.63, 3.8) is 0 Å². The molecular formula is C14H22O6. The Labute approximate surface area is 118 Å². The molecule has 1 unspecified atom stereocenters. The zero-order chi connectivity index (χ0) is 16.0. The first-order valence-corrected chi connectivity index (χ1v) is 6.16. The molecule has 0 aliphatic heterocycles. The van der Waals surface area contributed by atoms with Crippen LogP contribution in [0.15, 0.2) is 30.3 Å². The molecule has 1 aromatic carbocycles. The predicted octanol–water partition coefficient (Wildman–Crippen LogP) is 1.67. The Kier molecular flexibility index (Phi) is 13.8. The maximum Gasteiger partial charge on any atom is 0.303 e. The number of rotatable bonds is 4. The summed E-state index contributed by atoms with van der Waals surface area (Å²) < 4.78 is 0. The highest BCUT2D eigenvalue weighted by Crippen LogP contribution is 2.09. The highest BCUT2D eigenvalue weighted by molar-refractivity contribution is 5.66. The second-order valence-electron chi connectivity index (χ2n) is 3.60. The van der Waals surface area contributed by atoms with Crippen molar-refractivity contribution in [2.24, 2.45) is 0 Å². The van der Waals surface area contributed by atoms with E-state index in [-0.39, 0.29) is 19.4 Å². The molecule has 114 valence electrons. The molecule has 1 atom stereocenters. The molecule has 0 saturated heterocycles. The Morgan fingerprint density at radius 1 is 1.00 bits per heavy atom. The molecule has 4 N–H and O–H groups in total. The number of hydrogen-bond donors (Lipinski definition) is 4. The highest BCUT2D eigenvalue weighted by Gasteiger charge is 2.02. The third-order valence-corrected chi connectivity index (χ3v) is 1.96. The van der Waals surface area contributed by atoms with E-state index < -0.39 is 18.0 Å². The molecule has 0 saturated carbocycles. The first kappa shape index (κ1) is 20.4. The van der Waals surface area contributed by atoms with Crippen LogP contribution in [0.1, 0.15) is 38.4 Å². The van der Waals surface area contributed by atoms with E-state index in [0.29, 0.717) is 0 Å². The number of aliphatic carboxylic acids is 2.